The van der Waals surface area contributed by atoms with Gasteiger partial charge >= 0.3 is 0 Å². The smallest absolute Gasteiger partial charge is 0.181 e. The number of hydrogen-bond donors (Lipinski definition) is 3. The van der Waals surface area contributed by atoms with Crippen molar-refractivity contribution in [2.45, 2.75) is 32.2 Å². The summed E-state index contributed by atoms with van der Waals surface area (Å²) in [5.41, 5.74) is 7.20. The molecule has 0 atom stereocenters. The maximum atomic E-state index is 13.7. The standard InChI is InChI=1S/C29H26FN7S/c30-26-6-5-25(38-26)28-21-11-24(35-23(21)7-8-33-28)27-22-10-20(16-34-29(22)37-36-27)19-9-18(14-32-15-19)13-31-12-17-3-1-2-4-17/h5-11,14-17,31,35H,1-4,12-13H2,(H,34,36,37). The second-order valence-electron chi connectivity index (χ2n) is 9.96. The molecular weight excluding hydrogens is 497 g/mol. The van der Waals surface area contributed by atoms with Crippen LogP contribution in [0, 0.1) is 11.0 Å². The minimum absolute atomic E-state index is 0.226. The summed E-state index contributed by atoms with van der Waals surface area (Å²) in [6, 6.07) is 11.5. The van der Waals surface area contributed by atoms with E-state index in [1.165, 1.54) is 31.7 Å². The SMILES string of the molecule is Fc1ccc(-c2nccc3[nH]c(-c4[nH]nc5ncc(-c6cncc(CNCC7CCCC7)c6)cc45)cc23)s1. The lowest BCUT2D eigenvalue weighted by molar-refractivity contribution is 0.489. The summed E-state index contributed by atoms with van der Waals surface area (Å²) < 4.78 is 13.7. The van der Waals surface area contributed by atoms with Crippen LogP contribution in [-0.4, -0.2) is 36.7 Å². The zero-order chi connectivity index (χ0) is 25.5. The Kier molecular flexibility index (Phi) is 5.94. The van der Waals surface area contributed by atoms with Gasteiger partial charge in [0.1, 0.15) is 0 Å². The number of nitrogens with zero attached hydrogens (tertiary/aromatic N) is 4. The molecule has 0 spiro atoms. The fourth-order valence-corrected chi connectivity index (χ4v) is 6.21. The Hall–Kier alpha value is -3.95. The van der Waals surface area contributed by atoms with Gasteiger partial charge in [-0.25, -0.2) is 4.98 Å². The van der Waals surface area contributed by atoms with Crippen LogP contribution in [0.3, 0.4) is 0 Å². The van der Waals surface area contributed by atoms with Crippen LogP contribution in [-0.2, 0) is 6.54 Å². The molecule has 1 aliphatic carbocycles. The molecule has 7 rings (SSSR count). The van der Waals surface area contributed by atoms with E-state index in [1.807, 2.05) is 30.7 Å². The molecule has 0 aliphatic heterocycles. The number of hydrogen-bond acceptors (Lipinski definition) is 6. The quantitative estimate of drug-likeness (QED) is 0.216. The third kappa shape index (κ3) is 4.37. The molecule has 0 aromatic carbocycles. The average Bonchev–Trinajstić information content (AvgIpc) is 3.74. The van der Waals surface area contributed by atoms with Gasteiger partial charge < -0.3 is 10.3 Å². The fourth-order valence-electron chi connectivity index (χ4n) is 5.47. The van der Waals surface area contributed by atoms with Crippen molar-refractivity contribution in [1.82, 2.24) is 35.5 Å². The first-order chi connectivity index (χ1) is 18.7. The van der Waals surface area contributed by atoms with Crippen LogP contribution >= 0.6 is 11.3 Å². The highest BCUT2D eigenvalue weighted by molar-refractivity contribution is 7.13. The number of rotatable bonds is 7. The summed E-state index contributed by atoms with van der Waals surface area (Å²) in [5.74, 6) is 0.806. The monoisotopic (exact) mass is 523 g/mol. The third-order valence-electron chi connectivity index (χ3n) is 7.40. The lowest BCUT2D eigenvalue weighted by atomic mass is 10.1. The molecule has 1 fully saturated rings. The number of H-pyrrole nitrogens is 2. The van der Waals surface area contributed by atoms with Gasteiger partial charge in [0.15, 0.2) is 10.8 Å². The molecule has 6 aromatic rings. The second-order valence-corrected chi connectivity index (χ2v) is 11.0. The van der Waals surface area contributed by atoms with E-state index in [1.54, 1.807) is 12.3 Å². The summed E-state index contributed by atoms with van der Waals surface area (Å²) >= 11 is 1.09. The van der Waals surface area contributed by atoms with Gasteiger partial charge in [0, 0.05) is 58.7 Å². The number of fused-ring (bicyclic) bond motifs is 2. The summed E-state index contributed by atoms with van der Waals surface area (Å²) in [4.78, 5) is 17.9. The van der Waals surface area contributed by atoms with Crippen molar-refractivity contribution in [3.63, 3.8) is 0 Å². The van der Waals surface area contributed by atoms with Crippen molar-refractivity contribution in [3.05, 3.63) is 71.9 Å². The largest absolute Gasteiger partial charge is 0.353 e. The molecule has 6 aromatic heterocycles. The minimum atomic E-state index is -0.226. The summed E-state index contributed by atoms with van der Waals surface area (Å²) in [5, 5.41) is 12.8. The highest BCUT2D eigenvalue weighted by Gasteiger charge is 2.17. The zero-order valence-electron chi connectivity index (χ0n) is 20.7. The van der Waals surface area contributed by atoms with E-state index in [2.05, 4.69) is 47.6 Å². The molecule has 0 saturated heterocycles. The molecule has 0 radical (unpaired) electrons. The molecule has 9 heteroatoms. The van der Waals surface area contributed by atoms with Gasteiger partial charge in [0.25, 0.3) is 0 Å². The Morgan fingerprint density at radius 1 is 0.974 bits per heavy atom. The van der Waals surface area contributed by atoms with Crippen molar-refractivity contribution in [1.29, 1.82) is 0 Å². The molecule has 190 valence electrons. The van der Waals surface area contributed by atoms with E-state index in [9.17, 15) is 4.39 Å². The van der Waals surface area contributed by atoms with Crippen molar-refractivity contribution in [2.75, 3.05) is 6.54 Å². The van der Waals surface area contributed by atoms with Crippen LogP contribution in [0.5, 0.6) is 0 Å². The number of halogens is 1. The van der Waals surface area contributed by atoms with Crippen LogP contribution < -0.4 is 5.32 Å². The van der Waals surface area contributed by atoms with E-state index in [0.29, 0.717) is 5.65 Å². The number of aromatic amines is 2. The molecule has 0 bridgehead atoms. The highest BCUT2D eigenvalue weighted by Crippen LogP contribution is 2.35. The molecule has 38 heavy (non-hydrogen) atoms. The van der Waals surface area contributed by atoms with Gasteiger partial charge in [-0.05, 0) is 67.3 Å². The lowest BCUT2D eigenvalue weighted by Crippen LogP contribution is -2.20. The predicted octanol–water partition coefficient (Wildman–Crippen LogP) is 6.71. The average molecular weight is 524 g/mol. The van der Waals surface area contributed by atoms with Crippen LogP contribution in [0.15, 0.2) is 61.2 Å². The molecule has 0 unspecified atom stereocenters. The van der Waals surface area contributed by atoms with Crippen molar-refractivity contribution in [2.24, 2.45) is 5.92 Å². The summed E-state index contributed by atoms with van der Waals surface area (Å²) in [6.45, 7) is 1.88. The minimum Gasteiger partial charge on any atom is -0.353 e. The molecule has 6 heterocycles. The third-order valence-corrected chi connectivity index (χ3v) is 8.28. The first kappa shape index (κ1) is 23.2. The summed E-state index contributed by atoms with van der Waals surface area (Å²) in [7, 11) is 0. The van der Waals surface area contributed by atoms with Gasteiger partial charge in [0.2, 0.25) is 0 Å². The van der Waals surface area contributed by atoms with Crippen LogP contribution in [0.25, 0.3) is 55.0 Å². The Morgan fingerprint density at radius 3 is 2.74 bits per heavy atom. The highest BCUT2D eigenvalue weighted by atomic mass is 32.1. The summed E-state index contributed by atoms with van der Waals surface area (Å²) in [6.07, 6.45) is 12.8. The Balaban J connectivity index is 1.20. The number of pyridine rings is 3. The van der Waals surface area contributed by atoms with Crippen molar-refractivity contribution < 1.29 is 4.39 Å². The van der Waals surface area contributed by atoms with Gasteiger partial charge in [0.05, 0.1) is 22.0 Å². The van der Waals surface area contributed by atoms with Gasteiger partial charge in [-0.3, -0.25) is 15.1 Å². The van der Waals surface area contributed by atoms with Crippen molar-refractivity contribution >= 4 is 33.3 Å². The first-order valence-electron chi connectivity index (χ1n) is 12.9. The molecule has 7 nitrogen and oxygen atoms in total. The molecular formula is C29H26FN7S. The van der Waals surface area contributed by atoms with E-state index >= 15 is 0 Å². The van der Waals surface area contributed by atoms with E-state index < -0.39 is 0 Å². The van der Waals surface area contributed by atoms with Crippen LogP contribution in [0.4, 0.5) is 4.39 Å². The lowest BCUT2D eigenvalue weighted by Gasteiger charge is -2.11. The molecule has 1 aliphatic rings. The normalized spacial score (nSPS) is 14.2. The Bertz CT molecular complexity index is 1740. The predicted molar refractivity (Wildman–Crippen MR) is 149 cm³/mol. The maximum Gasteiger partial charge on any atom is 0.181 e. The van der Waals surface area contributed by atoms with Gasteiger partial charge in [-0.1, -0.05) is 12.8 Å². The topological polar surface area (TPSA) is 95.2 Å². The molecule has 1 saturated carbocycles. The van der Waals surface area contributed by atoms with Gasteiger partial charge in [-0.2, -0.15) is 9.49 Å². The maximum absolute atomic E-state index is 13.7. The fraction of sp³-hybridized carbons (Fsp3) is 0.241. The zero-order valence-corrected chi connectivity index (χ0v) is 21.5. The number of thiophene rings is 1. The first-order valence-corrected chi connectivity index (χ1v) is 13.8. The van der Waals surface area contributed by atoms with Crippen LogP contribution in [0.2, 0.25) is 0 Å². The van der Waals surface area contributed by atoms with Crippen molar-refractivity contribution in [3.8, 4) is 33.1 Å². The molecule has 3 N–H and O–H groups in total. The van der Waals surface area contributed by atoms with E-state index in [0.717, 1.165) is 85.3 Å². The Morgan fingerprint density at radius 2 is 1.87 bits per heavy atom. The van der Waals surface area contributed by atoms with Crippen LogP contribution in [0.1, 0.15) is 31.2 Å². The Labute approximate surface area is 222 Å². The number of nitrogens with one attached hydrogen (secondary N) is 3. The number of aromatic nitrogens is 6. The van der Waals surface area contributed by atoms with E-state index in [-0.39, 0.29) is 5.13 Å². The van der Waals surface area contributed by atoms with E-state index in [4.69, 9.17) is 0 Å². The molecule has 0 amide bonds. The second kappa shape index (κ2) is 9.74. The van der Waals surface area contributed by atoms with Gasteiger partial charge in [-0.15, -0.1) is 11.3 Å².